The molecular weight excluding hydrogens is 374 g/mol. The van der Waals surface area contributed by atoms with E-state index in [0.29, 0.717) is 43.7 Å². The number of imide groups is 1. The Kier molecular flexibility index (Phi) is 5.91. The van der Waals surface area contributed by atoms with E-state index in [1.165, 1.54) is 0 Å². The Morgan fingerprint density at radius 1 is 0.931 bits per heavy atom. The van der Waals surface area contributed by atoms with E-state index in [4.69, 9.17) is 4.74 Å². The van der Waals surface area contributed by atoms with Gasteiger partial charge in [0.1, 0.15) is 5.60 Å². The third-order valence-corrected chi connectivity index (χ3v) is 4.93. The Balaban J connectivity index is 1.52. The topological polar surface area (TPSA) is 87.2 Å². The Morgan fingerprint density at radius 2 is 1.48 bits per heavy atom. The average Bonchev–Trinajstić information content (AvgIpc) is 2.83. The molecule has 2 heterocycles. The minimum absolute atomic E-state index is 0.0530. The zero-order valence-corrected chi connectivity index (χ0v) is 17.1. The van der Waals surface area contributed by atoms with Crippen LogP contribution in [0.3, 0.4) is 0 Å². The number of amides is 4. The van der Waals surface area contributed by atoms with Crippen molar-refractivity contribution in [3.05, 3.63) is 35.4 Å². The van der Waals surface area contributed by atoms with E-state index in [2.05, 4.69) is 0 Å². The van der Waals surface area contributed by atoms with Gasteiger partial charge in [-0.2, -0.15) is 0 Å². The molecule has 8 heteroatoms. The lowest BCUT2D eigenvalue weighted by molar-refractivity contribution is -0.131. The first-order valence-corrected chi connectivity index (χ1v) is 9.88. The van der Waals surface area contributed by atoms with E-state index in [0.717, 1.165) is 4.90 Å². The van der Waals surface area contributed by atoms with Crippen LogP contribution < -0.4 is 0 Å². The van der Waals surface area contributed by atoms with Crippen molar-refractivity contribution in [2.45, 2.75) is 39.2 Å². The third kappa shape index (κ3) is 4.75. The van der Waals surface area contributed by atoms with Gasteiger partial charge in [0.25, 0.3) is 11.8 Å². The summed E-state index contributed by atoms with van der Waals surface area (Å²) in [5.74, 6) is -0.844. The molecule has 0 spiro atoms. The van der Waals surface area contributed by atoms with Gasteiger partial charge >= 0.3 is 6.09 Å². The highest BCUT2D eigenvalue weighted by molar-refractivity contribution is 6.21. The minimum atomic E-state index is -0.564. The SMILES string of the molecule is CC(C)(C)OC(=O)N1CCCN(C(=O)CCN2C(=O)c3ccccc3C2=O)CC1. The molecule has 3 rings (SSSR count). The van der Waals surface area contributed by atoms with Crippen LogP contribution in [0.2, 0.25) is 0 Å². The van der Waals surface area contributed by atoms with E-state index in [9.17, 15) is 19.2 Å². The monoisotopic (exact) mass is 401 g/mol. The molecule has 156 valence electrons. The van der Waals surface area contributed by atoms with Crippen LogP contribution in [0.4, 0.5) is 4.79 Å². The van der Waals surface area contributed by atoms with E-state index in [-0.39, 0.29) is 36.8 Å². The van der Waals surface area contributed by atoms with Crippen LogP contribution in [0.25, 0.3) is 0 Å². The number of ether oxygens (including phenoxy) is 1. The first kappa shape index (κ1) is 20.8. The Hall–Kier alpha value is -2.90. The van der Waals surface area contributed by atoms with E-state index in [1.807, 2.05) is 20.8 Å². The normalized spacial score (nSPS) is 17.3. The fraction of sp³-hybridized carbons (Fsp3) is 0.524. The molecule has 4 amide bonds. The van der Waals surface area contributed by atoms with Crippen molar-refractivity contribution in [1.29, 1.82) is 0 Å². The van der Waals surface area contributed by atoms with E-state index in [1.54, 1.807) is 34.1 Å². The van der Waals surface area contributed by atoms with Crippen LogP contribution in [-0.2, 0) is 9.53 Å². The summed E-state index contributed by atoms with van der Waals surface area (Å²) in [7, 11) is 0. The van der Waals surface area contributed by atoms with Crippen molar-refractivity contribution < 1.29 is 23.9 Å². The van der Waals surface area contributed by atoms with Crippen molar-refractivity contribution in [3.8, 4) is 0 Å². The molecule has 0 aromatic heterocycles. The molecule has 0 atom stereocenters. The summed E-state index contributed by atoms with van der Waals surface area (Å²) in [6.07, 6.45) is 0.341. The van der Waals surface area contributed by atoms with Gasteiger partial charge in [-0.15, -0.1) is 0 Å². The lowest BCUT2D eigenvalue weighted by atomic mass is 10.1. The zero-order chi connectivity index (χ0) is 21.2. The molecule has 1 aromatic carbocycles. The van der Waals surface area contributed by atoms with Crippen LogP contribution >= 0.6 is 0 Å². The summed E-state index contributed by atoms with van der Waals surface area (Å²) in [5, 5.41) is 0. The first-order valence-electron chi connectivity index (χ1n) is 9.88. The van der Waals surface area contributed by atoms with Gasteiger partial charge in [-0.1, -0.05) is 12.1 Å². The van der Waals surface area contributed by atoms with Gasteiger partial charge in [-0.3, -0.25) is 19.3 Å². The van der Waals surface area contributed by atoms with Gasteiger partial charge < -0.3 is 14.5 Å². The molecule has 0 bridgehead atoms. The molecule has 1 fully saturated rings. The number of rotatable bonds is 3. The Labute approximate surface area is 170 Å². The van der Waals surface area contributed by atoms with Crippen molar-refractivity contribution in [2.24, 2.45) is 0 Å². The van der Waals surface area contributed by atoms with Gasteiger partial charge in [0, 0.05) is 39.1 Å². The minimum Gasteiger partial charge on any atom is -0.444 e. The number of hydrogen-bond donors (Lipinski definition) is 0. The Bertz CT molecular complexity index is 795. The second kappa shape index (κ2) is 8.23. The molecule has 2 aliphatic rings. The summed E-state index contributed by atoms with van der Waals surface area (Å²) in [6.45, 7) is 7.36. The quantitative estimate of drug-likeness (QED) is 0.724. The third-order valence-electron chi connectivity index (χ3n) is 4.93. The predicted molar refractivity (Wildman–Crippen MR) is 105 cm³/mol. The molecule has 1 saturated heterocycles. The average molecular weight is 401 g/mol. The molecule has 8 nitrogen and oxygen atoms in total. The van der Waals surface area contributed by atoms with Crippen LogP contribution in [0.15, 0.2) is 24.3 Å². The first-order chi connectivity index (χ1) is 13.7. The summed E-state index contributed by atoms with van der Waals surface area (Å²) < 4.78 is 5.40. The summed E-state index contributed by atoms with van der Waals surface area (Å²) in [6, 6.07) is 6.67. The van der Waals surface area contributed by atoms with Gasteiger partial charge in [0.15, 0.2) is 0 Å². The number of hydrogen-bond acceptors (Lipinski definition) is 5. The number of carbonyl (C=O) groups excluding carboxylic acids is 4. The number of fused-ring (bicyclic) bond motifs is 1. The van der Waals surface area contributed by atoms with Crippen molar-refractivity contribution in [2.75, 3.05) is 32.7 Å². The summed E-state index contributed by atoms with van der Waals surface area (Å²) >= 11 is 0. The van der Waals surface area contributed by atoms with Crippen LogP contribution in [0, 0.1) is 0 Å². The molecule has 0 radical (unpaired) electrons. The van der Waals surface area contributed by atoms with Crippen LogP contribution in [0.1, 0.15) is 54.3 Å². The number of nitrogens with zero attached hydrogens (tertiary/aromatic N) is 3. The highest BCUT2D eigenvalue weighted by Crippen LogP contribution is 2.22. The molecule has 0 unspecified atom stereocenters. The zero-order valence-electron chi connectivity index (χ0n) is 17.1. The summed E-state index contributed by atoms with van der Waals surface area (Å²) in [4.78, 5) is 54.1. The summed E-state index contributed by atoms with van der Waals surface area (Å²) in [5.41, 5.74) is 0.200. The highest BCUT2D eigenvalue weighted by Gasteiger charge is 2.35. The predicted octanol–water partition coefficient (Wildman–Crippen LogP) is 2.14. The van der Waals surface area contributed by atoms with Gasteiger partial charge in [-0.05, 0) is 39.3 Å². The largest absolute Gasteiger partial charge is 0.444 e. The molecule has 2 aliphatic heterocycles. The van der Waals surface area contributed by atoms with Gasteiger partial charge in [0.05, 0.1) is 11.1 Å². The molecule has 29 heavy (non-hydrogen) atoms. The van der Waals surface area contributed by atoms with Crippen molar-refractivity contribution in [1.82, 2.24) is 14.7 Å². The maximum Gasteiger partial charge on any atom is 0.410 e. The molecule has 0 aliphatic carbocycles. The maximum atomic E-state index is 12.6. The lowest BCUT2D eigenvalue weighted by Crippen LogP contribution is -2.41. The molecular formula is C21H27N3O5. The second-order valence-corrected chi connectivity index (χ2v) is 8.26. The van der Waals surface area contributed by atoms with E-state index < -0.39 is 5.60 Å². The fourth-order valence-corrected chi connectivity index (χ4v) is 3.48. The smallest absolute Gasteiger partial charge is 0.410 e. The molecule has 0 N–H and O–H groups in total. The molecule has 0 saturated carbocycles. The van der Waals surface area contributed by atoms with Gasteiger partial charge in [0.2, 0.25) is 5.91 Å². The maximum absolute atomic E-state index is 12.6. The molecule has 1 aromatic rings. The van der Waals surface area contributed by atoms with Crippen molar-refractivity contribution >= 4 is 23.8 Å². The second-order valence-electron chi connectivity index (χ2n) is 8.26. The fourth-order valence-electron chi connectivity index (χ4n) is 3.48. The van der Waals surface area contributed by atoms with Gasteiger partial charge in [-0.25, -0.2) is 4.79 Å². The lowest BCUT2D eigenvalue weighted by Gasteiger charge is -2.26. The number of carbonyl (C=O) groups is 4. The van der Waals surface area contributed by atoms with Crippen LogP contribution in [-0.4, -0.2) is 76.8 Å². The standard InChI is InChI=1S/C21H27N3O5/c1-21(2,3)29-20(28)23-11-6-10-22(13-14-23)17(25)9-12-24-18(26)15-7-4-5-8-16(15)19(24)27/h4-5,7-8H,6,9-14H2,1-3H3. The Morgan fingerprint density at radius 3 is 2.07 bits per heavy atom. The highest BCUT2D eigenvalue weighted by atomic mass is 16.6. The van der Waals surface area contributed by atoms with Crippen molar-refractivity contribution in [3.63, 3.8) is 0 Å². The van der Waals surface area contributed by atoms with Crippen LogP contribution in [0.5, 0.6) is 0 Å². The van der Waals surface area contributed by atoms with E-state index >= 15 is 0 Å². The number of benzene rings is 1.